The molecular weight excluding hydrogens is 426 g/mol. The van der Waals surface area contributed by atoms with E-state index < -0.39 is 18.5 Å². The Morgan fingerprint density at radius 2 is 1.76 bits per heavy atom. The molecule has 0 aliphatic heterocycles. The number of carbonyl (C=O) groups is 2. The summed E-state index contributed by atoms with van der Waals surface area (Å²) in [5.41, 5.74) is 1.18. The molecule has 1 heterocycles. The summed E-state index contributed by atoms with van der Waals surface area (Å²) in [5, 5.41) is 2.55. The SMILES string of the molecule is COc1cc(C(=O)OCC(=O)Nc2c(C)n(C)n(-c3ccccc3)c2=O)ccc1OC(C)C. The number of esters is 1. The predicted molar refractivity (Wildman–Crippen MR) is 123 cm³/mol. The van der Waals surface area contributed by atoms with Gasteiger partial charge < -0.3 is 19.5 Å². The van der Waals surface area contributed by atoms with Crippen LogP contribution in [0.4, 0.5) is 5.69 Å². The van der Waals surface area contributed by atoms with Crippen molar-refractivity contribution in [1.82, 2.24) is 9.36 Å². The normalized spacial score (nSPS) is 10.7. The van der Waals surface area contributed by atoms with Gasteiger partial charge in [0.25, 0.3) is 11.5 Å². The molecule has 174 valence electrons. The van der Waals surface area contributed by atoms with Gasteiger partial charge in [0.2, 0.25) is 0 Å². The highest BCUT2D eigenvalue weighted by Crippen LogP contribution is 2.29. The number of methoxy groups -OCH3 is 1. The molecule has 0 atom stereocenters. The zero-order valence-corrected chi connectivity index (χ0v) is 19.2. The fourth-order valence-corrected chi connectivity index (χ4v) is 3.25. The van der Waals surface area contributed by atoms with Gasteiger partial charge in [0, 0.05) is 7.05 Å². The van der Waals surface area contributed by atoms with E-state index >= 15 is 0 Å². The maximum Gasteiger partial charge on any atom is 0.338 e. The van der Waals surface area contributed by atoms with Gasteiger partial charge in [-0.3, -0.25) is 14.3 Å². The first kappa shape index (κ1) is 23.6. The van der Waals surface area contributed by atoms with E-state index in [0.29, 0.717) is 22.9 Å². The van der Waals surface area contributed by atoms with Gasteiger partial charge in [0.15, 0.2) is 18.1 Å². The first-order valence-corrected chi connectivity index (χ1v) is 10.4. The molecule has 0 unspecified atom stereocenters. The van der Waals surface area contributed by atoms with Crippen molar-refractivity contribution in [2.24, 2.45) is 7.05 Å². The lowest BCUT2D eigenvalue weighted by Gasteiger charge is -2.14. The van der Waals surface area contributed by atoms with Crippen LogP contribution in [0.25, 0.3) is 5.69 Å². The Hall–Kier alpha value is -4.01. The fourth-order valence-electron chi connectivity index (χ4n) is 3.25. The molecule has 9 heteroatoms. The maximum atomic E-state index is 12.9. The number of hydrogen-bond acceptors (Lipinski definition) is 6. The summed E-state index contributed by atoms with van der Waals surface area (Å²) >= 11 is 0. The summed E-state index contributed by atoms with van der Waals surface area (Å²) < 4.78 is 19.1. The minimum absolute atomic E-state index is 0.0617. The van der Waals surface area contributed by atoms with Gasteiger partial charge >= 0.3 is 5.97 Å². The molecule has 0 spiro atoms. The van der Waals surface area contributed by atoms with Crippen molar-refractivity contribution in [3.8, 4) is 17.2 Å². The molecule has 9 nitrogen and oxygen atoms in total. The largest absolute Gasteiger partial charge is 0.493 e. The van der Waals surface area contributed by atoms with Gasteiger partial charge in [-0.25, -0.2) is 9.48 Å². The van der Waals surface area contributed by atoms with E-state index in [4.69, 9.17) is 14.2 Å². The number of nitrogens with one attached hydrogen (secondary N) is 1. The van der Waals surface area contributed by atoms with E-state index in [-0.39, 0.29) is 22.9 Å². The molecule has 1 aromatic heterocycles. The lowest BCUT2D eigenvalue weighted by Crippen LogP contribution is -2.25. The Morgan fingerprint density at radius 3 is 2.39 bits per heavy atom. The maximum absolute atomic E-state index is 12.9. The van der Waals surface area contributed by atoms with E-state index in [1.165, 1.54) is 23.9 Å². The fraction of sp³-hybridized carbons (Fsp3) is 0.292. The number of anilines is 1. The highest BCUT2D eigenvalue weighted by Gasteiger charge is 2.19. The third kappa shape index (κ3) is 5.25. The topological polar surface area (TPSA) is 101 Å². The van der Waals surface area contributed by atoms with Gasteiger partial charge in [0.05, 0.1) is 30.2 Å². The van der Waals surface area contributed by atoms with E-state index in [1.807, 2.05) is 32.0 Å². The number of nitrogens with zero attached hydrogens (tertiary/aromatic N) is 2. The van der Waals surface area contributed by atoms with Gasteiger partial charge in [-0.2, -0.15) is 0 Å². The van der Waals surface area contributed by atoms with Gasteiger partial charge in [-0.15, -0.1) is 0 Å². The van der Waals surface area contributed by atoms with Crippen LogP contribution in [0.5, 0.6) is 11.5 Å². The third-order valence-electron chi connectivity index (χ3n) is 4.91. The second-order valence-corrected chi connectivity index (χ2v) is 7.59. The molecule has 33 heavy (non-hydrogen) atoms. The van der Waals surface area contributed by atoms with Crippen molar-refractivity contribution in [2.45, 2.75) is 26.9 Å². The minimum atomic E-state index is -0.703. The molecule has 0 saturated carbocycles. The summed E-state index contributed by atoms with van der Waals surface area (Å²) in [6.07, 6.45) is -0.0617. The summed E-state index contributed by atoms with van der Waals surface area (Å²) in [5.74, 6) is -0.452. The molecule has 3 rings (SSSR count). The second-order valence-electron chi connectivity index (χ2n) is 7.59. The smallest absolute Gasteiger partial charge is 0.338 e. The van der Waals surface area contributed by atoms with Gasteiger partial charge in [-0.1, -0.05) is 18.2 Å². The average Bonchev–Trinajstić information content (AvgIpc) is 3.01. The van der Waals surface area contributed by atoms with Crippen LogP contribution in [0.2, 0.25) is 0 Å². The number of carbonyl (C=O) groups excluding carboxylic acids is 2. The number of rotatable bonds is 8. The summed E-state index contributed by atoms with van der Waals surface area (Å²) in [6, 6.07) is 13.7. The van der Waals surface area contributed by atoms with E-state index in [0.717, 1.165) is 0 Å². The summed E-state index contributed by atoms with van der Waals surface area (Å²) in [7, 11) is 3.19. The van der Waals surface area contributed by atoms with Crippen molar-refractivity contribution in [3.63, 3.8) is 0 Å². The summed E-state index contributed by atoms with van der Waals surface area (Å²) in [6.45, 7) is 4.92. The number of aromatic nitrogens is 2. The molecule has 1 amide bonds. The number of hydrogen-bond donors (Lipinski definition) is 1. The molecule has 1 N–H and O–H groups in total. The van der Waals surface area contributed by atoms with Crippen molar-refractivity contribution in [3.05, 3.63) is 70.1 Å². The molecule has 3 aromatic rings. The molecule has 0 aliphatic rings. The van der Waals surface area contributed by atoms with Crippen molar-refractivity contribution in [1.29, 1.82) is 0 Å². The molecule has 0 bridgehead atoms. The van der Waals surface area contributed by atoms with E-state index in [2.05, 4.69) is 5.32 Å². The van der Waals surface area contributed by atoms with Gasteiger partial charge in [-0.05, 0) is 51.1 Å². The van der Waals surface area contributed by atoms with Crippen LogP contribution in [0.1, 0.15) is 29.9 Å². The number of ether oxygens (including phenoxy) is 3. The Balaban J connectivity index is 1.69. The van der Waals surface area contributed by atoms with Crippen molar-refractivity contribution < 1.29 is 23.8 Å². The van der Waals surface area contributed by atoms with Crippen LogP contribution in [0.15, 0.2) is 53.3 Å². The first-order valence-electron chi connectivity index (χ1n) is 10.4. The molecular formula is C24H27N3O6. The lowest BCUT2D eigenvalue weighted by molar-refractivity contribution is -0.119. The van der Waals surface area contributed by atoms with Crippen LogP contribution in [0.3, 0.4) is 0 Å². The monoisotopic (exact) mass is 453 g/mol. The molecule has 2 aromatic carbocycles. The number of benzene rings is 2. The lowest BCUT2D eigenvalue weighted by atomic mass is 10.2. The van der Waals surface area contributed by atoms with Crippen LogP contribution >= 0.6 is 0 Å². The predicted octanol–water partition coefficient (Wildman–Crippen LogP) is 3.08. The Kier molecular flexibility index (Phi) is 7.22. The average molecular weight is 453 g/mol. The van der Waals surface area contributed by atoms with Crippen LogP contribution in [-0.2, 0) is 16.6 Å². The highest BCUT2D eigenvalue weighted by molar-refractivity contribution is 5.96. The first-order chi connectivity index (χ1) is 15.7. The highest BCUT2D eigenvalue weighted by atomic mass is 16.5. The van der Waals surface area contributed by atoms with Crippen LogP contribution in [0, 0.1) is 6.92 Å². The number of amides is 1. The van der Waals surface area contributed by atoms with Crippen LogP contribution in [-0.4, -0.2) is 41.1 Å². The molecule has 0 saturated heterocycles. The Labute approximate surface area is 191 Å². The Morgan fingerprint density at radius 1 is 1.06 bits per heavy atom. The zero-order chi connectivity index (χ0) is 24.1. The van der Waals surface area contributed by atoms with E-state index in [1.54, 1.807) is 36.9 Å². The molecule has 0 aliphatic carbocycles. The van der Waals surface area contributed by atoms with Crippen molar-refractivity contribution >= 4 is 17.6 Å². The minimum Gasteiger partial charge on any atom is -0.493 e. The second kappa shape index (κ2) is 10.1. The zero-order valence-electron chi connectivity index (χ0n) is 19.2. The molecule has 0 radical (unpaired) electrons. The third-order valence-corrected chi connectivity index (χ3v) is 4.91. The number of para-hydroxylation sites is 1. The van der Waals surface area contributed by atoms with E-state index in [9.17, 15) is 14.4 Å². The standard InChI is InChI=1S/C24H27N3O6/c1-15(2)33-19-12-11-17(13-20(19)31-5)24(30)32-14-21(28)25-22-16(3)26(4)27(23(22)29)18-9-7-6-8-10-18/h6-13,15H,14H2,1-5H3,(H,25,28). The van der Waals surface area contributed by atoms with Crippen LogP contribution < -0.4 is 20.3 Å². The Bertz CT molecular complexity index is 1210. The van der Waals surface area contributed by atoms with Crippen molar-refractivity contribution in [2.75, 3.05) is 19.0 Å². The molecule has 0 fully saturated rings. The summed E-state index contributed by atoms with van der Waals surface area (Å²) in [4.78, 5) is 37.7. The van der Waals surface area contributed by atoms with Gasteiger partial charge in [0.1, 0.15) is 5.69 Å². The quantitative estimate of drug-likeness (QED) is 0.526.